The van der Waals surface area contributed by atoms with Crippen molar-refractivity contribution < 1.29 is 17.6 Å². The molecule has 2 heterocycles. The van der Waals surface area contributed by atoms with Crippen molar-refractivity contribution in [3.8, 4) is 0 Å². The summed E-state index contributed by atoms with van der Waals surface area (Å²) in [7, 11) is -3.62. The second-order valence-electron chi connectivity index (χ2n) is 9.99. The number of hydrogen-bond acceptors (Lipinski definition) is 4. The molecule has 1 aliphatic heterocycles. The number of carbonyl (C=O) groups excluding carboxylic acids is 1. The van der Waals surface area contributed by atoms with E-state index in [1.165, 1.54) is 0 Å². The summed E-state index contributed by atoms with van der Waals surface area (Å²) < 4.78 is 34.4. The predicted molar refractivity (Wildman–Crippen MR) is 134 cm³/mol. The Hall–Kier alpha value is -2.64. The van der Waals surface area contributed by atoms with Crippen LogP contribution in [0.5, 0.6) is 0 Å². The lowest BCUT2D eigenvalue weighted by Gasteiger charge is -2.34. The average Bonchev–Trinajstić information content (AvgIpc) is 3.13. The van der Waals surface area contributed by atoms with Crippen LogP contribution in [0.2, 0.25) is 0 Å². The van der Waals surface area contributed by atoms with Gasteiger partial charge in [0, 0.05) is 36.6 Å². The highest BCUT2D eigenvalue weighted by atomic mass is 32.2. The summed E-state index contributed by atoms with van der Waals surface area (Å²) in [6.07, 6.45) is 1.03. The van der Waals surface area contributed by atoms with Crippen molar-refractivity contribution in [1.82, 2.24) is 9.21 Å². The molecule has 1 aromatic heterocycles. The van der Waals surface area contributed by atoms with E-state index in [1.807, 2.05) is 51.1 Å². The summed E-state index contributed by atoms with van der Waals surface area (Å²) in [5.74, 6) is 0.715. The molecule has 2 unspecified atom stereocenters. The van der Waals surface area contributed by atoms with Gasteiger partial charge in [0.15, 0.2) is 5.76 Å². The number of fused-ring (bicyclic) bond motifs is 1. The summed E-state index contributed by atoms with van der Waals surface area (Å²) >= 11 is 0. The van der Waals surface area contributed by atoms with Crippen LogP contribution in [0.3, 0.4) is 0 Å². The molecular weight excluding hydrogens is 448 g/mol. The van der Waals surface area contributed by atoms with Crippen molar-refractivity contribution in [1.29, 1.82) is 0 Å². The first-order valence-electron chi connectivity index (χ1n) is 12.0. The van der Waals surface area contributed by atoms with Crippen molar-refractivity contribution in [3.63, 3.8) is 0 Å². The van der Waals surface area contributed by atoms with E-state index in [2.05, 4.69) is 13.8 Å². The smallest absolute Gasteiger partial charge is 0.290 e. The number of nitrogens with zero attached hydrogens (tertiary/aromatic N) is 2. The molecule has 3 aromatic rings. The van der Waals surface area contributed by atoms with E-state index in [4.69, 9.17) is 4.42 Å². The van der Waals surface area contributed by atoms with E-state index in [0.29, 0.717) is 48.0 Å². The zero-order chi connectivity index (χ0) is 24.6. The quantitative estimate of drug-likeness (QED) is 0.468. The Balaban J connectivity index is 1.67. The fraction of sp³-hybridized carbons (Fsp3) is 0.444. The molecule has 1 saturated heterocycles. The zero-order valence-corrected chi connectivity index (χ0v) is 21.4. The van der Waals surface area contributed by atoms with Crippen LogP contribution in [0.1, 0.15) is 55.8 Å². The molecule has 34 heavy (non-hydrogen) atoms. The number of sulfonamides is 1. The van der Waals surface area contributed by atoms with E-state index in [9.17, 15) is 13.2 Å². The minimum Gasteiger partial charge on any atom is -0.451 e. The Morgan fingerprint density at radius 1 is 1.09 bits per heavy atom. The highest BCUT2D eigenvalue weighted by Crippen LogP contribution is 2.32. The van der Waals surface area contributed by atoms with Gasteiger partial charge in [-0.15, -0.1) is 0 Å². The first kappa shape index (κ1) is 24.5. The number of rotatable bonds is 6. The van der Waals surface area contributed by atoms with Gasteiger partial charge in [-0.3, -0.25) is 4.79 Å². The van der Waals surface area contributed by atoms with Gasteiger partial charge in [0.1, 0.15) is 5.58 Å². The Kier molecular flexibility index (Phi) is 6.87. The third-order valence-electron chi connectivity index (χ3n) is 6.65. The number of furan rings is 1. The van der Waals surface area contributed by atoms with Gasteiger partial charge in [-0.25, -0.2) is 8.42 Å². The number of hydrogen-bond donors (Lipinski definition) is 0. The summed E-state index contributed by atoms with van der Waals surface area (Å²) in [6.45, 7) is 11.5. The average molecular weight is 483 g/mol. The van der Waals surface area contributed by atoms with Gasteiger partial charge in [-0.05, 0) is 62.8 Å². The molecular formula is C27H34N2O4S. The molecule has 0 N–H and O–H groups in total. The fourth-order valence-corrected chi connectivity index (χ4v) is 6.62. The highest BCUT2D eigenvalue weighted by molar-refractivity contribution is 7.89. The van der Waals surface area contributed by atoms with Gasteiger partial charge < -0.3 is 9.32 Å². The summed E-state index contributed by atoms with van der Waals surface area (Å²) in [4.78, 5) is 15.5. The Bertz CT molecular complexity index is 1270. The normalized spacial score (nSPS) is 19.6. The minimum absolute atomic E-state index is 0.0284. The van der Waals surface area contributed by atoms with Gasteiger partial charge in [-0.1, -0.05) is 44.2 Å². The molecule has 1 amide bonds. The molecule has 4 rings (SSSR count). The minimum atomic E-state index is -3.62. The van der Waals surface area contributed by atoms with Crippen LogP contribution in [0.4, 0.5) is 0 Å². The summed E-state index contributed by atoms with van der Waals surface area (Å²) in [5, 5.41) is 0.658. The molecule has 1 fully saturated rings. The molecule has 0 radical (unpaired) electrons. The van der Waals surface area contributed by atoms with Crippen LogP contribution < -0.4 is 0 Å². The topological polar surface area (TPSA) is 70.8 Å². The lowest BCUT2D eigenvalue weighted by Crippen LogP contribution is -2.42. The lowest BCUT2D eigenvalue weighted by atomic mass is 9.94. The van der Waals surface area contributed by atoms with Crippen molar-refractivity contribution in [2.24, 2.45) is 11.8 Å². The molecule has 1 aliphatic rings. The first-order chi connectivity index (χ1) is 16.1. The van der Waals surface area contributed by atoms with E-state index in [0.717, 1.165) is 12.0 Å². The van der Waals surface area contributed by atoms with Gasteiger partial charge in [-0.2, -0.15) is 4.31 Å². The summed E-state index contributed by atoms with van der Waals surface area (Å²) in [6, 6.07) is 14.7. The number of carbonyl (C=O) groups is 1. The largest absolute Gasteiger partial charge is 0.451 e. The van der Waals surface area contributed by atoms with E-state index >= 15 is 0 Å². The van der Waals surface area contributed by atoms with Crippen LogP contribution in [0.15, 0.2) is 57.8 Å². The lowest BCUT2D eigenvalue weighted by molar-refractivity contribution is 0.0659. The van der Waals surface area contributed by atoms with Crippen LogP contribution in [-0.4, -0.2) is 42.7 Å². The maximum absolute atomic E-state index is 13.5. The fourth-order valence-electron chi connectivity index (χ4n) is 4.91. The number of amides is 1. The summed E-state index contributed by atoms with van der Waals surface area (Å²) in [5.41, 5.74) is 2.22. The highest BCUT2D eigenvalue weighted by Gasteiger charge is 2.32. The molecule has 0 spiro atoms. The molecule has 0 bridgehead atoms. The van der Waals surface area contributed by atoms with Gasteiger partial charge in [0.05, 0.1) is 4.90 Å². The third kappa shape index (κ3) is 4.77. The second kappa shape index (κ2) is 9.55. The zero-order valence-electron chi connectivity index (χ0n) is 20.6. The number of benzene rings is 2. The second-order valence-corrected chi connectivity index (χ2v) is 11.9. The molecule has 2 aromatic carbocycles. The van der Waals surface area contributed by atoms with Gasteiger partial charge in [0.2, 0.25) is 10.0 Å². The Morgan fingerprint density at radius 3 is 2.35 bits per heavy atom. The van der Waals surface area contributed by atoms with E-state index < -0.39 is 10.0 Å². The molecule has 2 atom stereocenters. The number of aryl methyl sites for hydroxylation is 1. The van der Waals surface area contributed by atoms with Crippen molar-refractivity contribution in [3.05, 3.63) is 65.4 Å². The Labute approximate surface area is 202 Å². The molecule has 0 aliphatic carbocycles. The molecule has 182 valence electrons. The number of piperidine rings is 1. The monoisotopic (exact) mass is 482 g/mol. The first-order valence-corrected chi connectivity index (χ1v) is 13.4. The van der Waals surface area contributed by atoms with E-state index in [1.54, 1.807) is 27.4 Å². The van der Waals surface area contributed by atoms with Crippen LogP contribution in [0, 0.1) is 18.8 Å². The van der Waals surface area contributed by atoms with Crippen molar-refractivity contribution in [2.45, 2.75) is 58.5 Å². The molecule has 6 nitrogen and oxygen atoms in total. The van der Waals surface area contributed by atoms with Crippen LogP contribution >= 0.6 is 0 Å². The van der Waals surface area contributed by atoms with Gasteiger partial charge >= 0.3 is 0 Å². The van der Waals surface area contributed by atoms with Gasteiger partial charge in [0.25, 0.3) is 5.91 Å². The Morgan fingerprint density at radius 2 is 1.74 bits per heavy atom. The van der Waals surface area contributed by atoms with Crippen molar-refractivity contribution >= 4 is 26.9 Å². The predicted octanol–water partition coefficient (Wildman–Crippen LogP) is 5.46. The maximum Gasteiger partial charge on any atom is 0.290 e. The molecule has 0 saturated carbocycles. The van der Waals surface area contributed by atoms with Crippen LogP contribution in [0.25, 0.3) is 11.0 Å². The van der Waals surface area contributed by atoms with Crippen molar-refractivity contribution in [2.75, 3.05) is 13.1 Å². The SMILES string of the molecule is Cc1c(C(=O)N(Cc2ccccc2)C(C)C)oc2ccc(S(=O)(=O)N3CC(C)CC(C)C3)cc12. The maximum atomic E-state index is 13.5. The van der Waals surface area contributed by atoms with Crippen LogP contribution in [-0.2, 0) is 16.6 Å². The third-order valence-corrected chi connectivity index (χ3v) is 8.48. The van der Waals surface area contributed by atoms with E-state index in [-0.39, 0.29) is 22.6 Å². The molecule has 7 heteroatoms. The standard InChI is InChI=1S/C27H34N2O4S/c1-18(2)29(17-22-9-7-6-8-10-22)27(30)26-21(5)24-14-23(11-12-25(24)33-26)34(31,32)28-15-19(3)13-20(4)16-28/h6-12,14,18-20H,13,15-17H2,1-5H3.